The third kappa shape index (κ3) is 5.02. The fourth-order valence-electron chi connectivity index (χ4n) is 3.28. The van der Waals surface area contributed by atoms with Crippen LogP contribution in [0, 0.1) is 12.7 Å². The number of nitrogens with zero attached hydrogens (tertiary/aromatic N) is 1. The lowest BCUT2D eigenvalue weighted by molar-refractivity contribution is -0.133. The molecule has 10 heteroatoms. The van der Waals surface area contributed by atoms with Crippen LogP contribution in [0.3, 0.4) is 0 Å². The molecule has 0 fully saturated rings. The molecule has 7 nitrogen and oxygen atoms in total. The molecular formula is C24H17Br2FN4O3. The zero-order chi connectivity index (χ0) is 24.4. The predicted octanol–water partition coefficient (Wildman–Crippen LogP) is 5.57. The highest BCUT2D eigenvalue weighted by Gasteiger charge is 2.22. The standard InChI is InChI=1S/C24H17Br2FN4O3/c1-13-6-8-18(16(26)10-13)28-23(33)24(34)30-31-20-9-7-15(25)11-14(20)12-21(31)22(32)29-19-5-3-2-4-17(19)27/h2-12H,1H3,(H,28,33)(H,29,32)(H,30,34). The molecule has 0 saturated carbocycles. The van der Waals surface area contributed by atoms with Crippen molar-refractivity contribution in [2.24, 2.45) is 0 Å². The Morgan fingerprint density at radius 3 is 2.35 bits per heavy atom. The average Bonchev–Trinajstić information content (AvgIpc) is 3.14. The summed E-state index contributed by atoms with van der Waals surface area (Å²) < 4.78 is 16.6. The molecule has 0 saturated heterocycles. The lowest BCUT2D eigenvalue weighted by atomic mass is 10.2. The number of para-hydroxylation sites is 1. The number of hydrogen-bond donors (Lipinski definition) is 3. The van der Waals surface area contributed by atoms with Gasteiger partial charge in [0, 0.05) is 14.3 Å². The second-order valence-corrected chi connectivity index (χ2v) is 9.15. The summed E-state index contributed by atoms with van der Waals surface area (Å²) in [7, 11) is 0. The Balaban J connectivity index is 1.64. The van der Waals surface area contributed by atoms with E-state index < -0.39 is 23.5 Å². The van der Waals surface area contributed by atoms with Crippen LogP contribution in [-0.2, 0) is 9.59 Å². The number of nitrogens with one attached hydrogen (secondary N) is 3. The van der Waals surface area contributed by atoms with E-state index >= 15 is 0 Å². The number of fused-ring (bicyclic) bond motifs is 1. The maximum atomic E-state index is 14.0. The fourth-order valence-corrected chi connectivity index (χ4v) is 4.25. The molecule has 0 aliphatic heterocycles. The summed E-state index contributed by atoms with van der Waals surface area (Å²) in [4.78, 5) is 38.3. The molecule has 34 heavy (non-hydrogen) atoms. The fraction of sp³-hybridized carbons (Fsp3) is 0.0417. The van der Waals surface area contributed by atoms with Crippen molar-refractivity contribution < 1.29 is 18.8 Å². The minimum absolute atomic E-state index is 0.00835. The second kappa shape index (κ2) is 9.78. The third-order valence-corrected chi connectivity index (χ3v) is 6.06. The summed E-state index contributed by atoms with van der Waals surface area (Å²) in [6.45, 7) is 1.90. The van der Waals surface area contributed by atoms with Gasteiger partial charge in [0.15, 0.2) is 0 Å². The van der Waals surface area contributed by atoms with Crippen molar-refractivity contribution in [1.29, 1.82) is 0 Å². The molecule has 0 atom stereocenters. The van der Waals surface area contributed by atoms with E-state index in [1.165, 1.54) is 28.9 Å². The van der Waals surface area contributed by atoms with Crippen molar-refractivity contribution in [2.75, 3.05) is 16.1 Å². The van der Waals surface area contributed by atoms with Gasteiger partial charge >= 0.3 is 11.8 Å². The highest BCUT2D eigenvalue weighted by Crippen LogP contribution is 2.25. The van der Waals surface area contributed by atoms with Gasteiger partial charge in [-0.3, -0.25) is 19.8 Å². The van der Waals surface area contributed by atoms with Crippen molar-refractivity contribution in [3.8, 4) is 0 Å². The summed E-state index contributed by atoms with van der Waals surface area (Å²) in [5.41, 5.74) is 4.33. The first-order valence-corrected chi connectivity index (χ1v) is 11.6. The molecule has 4 aromatic rings. The number of hydrogen-bond acceptors (Lipinski definition) is 3. The predicted molar refractivity (Wildman–Crippen MR) is 136 cm³/mol. The number of aryl methyl sites for hydroxylation is 1. The lowest BCUT2D eigenvalue weighted by Gasteiger charge is -2.13. The van der Waals surface area contributed by atoms with E-state index in [1.54, 1.807) is 42.5 Å². The first-order chi connectivity index (χ1) is 16.2. The molecule has 0 aliphatic rings. The zero-order valence-electron chi connectivity index (χ0n) is 17.7. The highest BCUT2D eigenvalue weighted by molar-refractivity contribution is 9.10. The summed E-state index contributed by atoms with van der Waals surface area (Å²) in [5, 5.41) is 5.65. The average molecular weight is 588 g/mol. The molecule has 3 amide bonds. The van der Waals surface area contributed by atoms with Crippen LogP contribution in [0.15, 0.2) is 75.7 Å². The van der Waals surface area contributed by atoms with Crippen LogP contribution >= 0.6 is 31.9 Å². The van der Waals surface area contributed by atoms with Gasteiger partial charge in [0.05, 0.1) is 16.9 Å². The molecule has 4 rings (SSSR count). The maximum absolute atomic E-state index is 14.0. The number of benzene rings is 3. The van der Waals surface area contributed by atoms with Crippen molar-refractivity contribution in [1.82, 2.24) is 4.68 Å². The van der Waals surface area contributed by atoms with E-state index in [9.17, 15) is 18.8 Å². The van der Waals surface area contributed by atoms with Crippen molar-refractivity contribution in [3.63, 3.8) is 0 Å². The van der Waals surface area contributed by atoms with Gasteiger partial charge in [-0.1, -0.05) is 34.1 Å². The summed E-state index contributed by atoms with van der Waals surface area (Å²) in [6.07, 6.45) is 0. The third-order valence-electron chi connectivity index (χ3n) is 4.91. The Labute approximate surface area is 210 Å². The lowest BCUT2D eigenvalue weighted by Crippen LogP contribution is -2.36. The Kier molecular flexibility index (Phi) is 6.80. The molecule has 0 radical (unpaired) electrons. The Morgan fingerprint density at radius 1 is 0.853 bits per heavy atom. The minimum Gasteiger partial charge on any atom is -0.318 e. The molecule has 0 bridgehead atoms. The topological polar surface area (TPSA) is 92.2 Å². The molecule has 3 aromatic carbocycles. The summed E-state index contributed by atoms with van der Waals surface area (Å²) in [6, 6.07) is 17.7. The van der Waals surface area contributed by atoms with Gasteiger partial charge in [-0.2, -0.15) is 0 Å². The smallest absolute Gasteiger partial charge is 0.318 e. The van der Waals surface area contributed by atoms with E-state index in [0.29, 0.717) is 21.1 Å². The molecule has 0 spiro atoms. The van der Waals surface area contributed by atoms with Gasteiger partial charge in [-0.25, -0.2) is 9.07 Å². The van der Waals surface area contributed by atoms with Crippen LogP contribution in [0.25, 0.3) is 10.9 Å². The van der Waals surface area contributed by atoms with Gasteiger partial charge in [0.1, 0.15) is 11.5 Å². The van der Waals surface area contributed by atoms with Gasteiger partial charge in [0.2, 0.25) is 0 Å². The van der Waals surface area contributed by atoms with E-state index in [1.807, 2.05) is 6.92 Å². The number of carbonyl (C=O) groups excluding carboxylic acids is 3. The first kappa shape index (κ1) is 23.7. The summed E-state index contributed by atoms with van der Waals surface area (Å²) >= 11 is 6.73. The van der Waals surface area contributed by atoms with Gasteiger partial charge < -0.3 is 10.6 Å². The number of carbonyl (C=O) groups is 3. The molecule has 3 N–H and O–H groups in total. The molecular weight excluding hydrogens is 571 g/mol. The number of rotatable bonds is 4. The van der Waals surface area contributed by atoms with Gasteiger partial charge in [0.25, 0.3) is 5.91 Å². The monoisotopic (exact) mass is 586 g/mol. The summed E-state index contributed by atoms with van der Waals surface area (Å²) in [5.74, 6) is -3.19. The van der Waals surface area contributed by atoms with Crippen molar-refractivity contribution in [3.05, 3.63) is 92.8 Å². The van der Waals surface area contributed by atoms with Crippen molar-refractivity contribution >= 4 is 71.9 Å². The molecule has 1 aromatic heterocycles. The van der Waals surface area contributed by atoms with Crippen LogP contribution in [0.5, 0.6) is 0 Å². The maximum Gasteiger partial charge on any atom is 0.328 e. The van der Waals surface area contributed by atoms with E-state index in [4.69, 9.17) is 0 Å². The minimum atomic E-state index is -0.993. The zero-order valence-corrected chi connectivity index (χ0v) is 20.8. The van der Waals surface area contributed by atoms with E-state index in [2.05, 4.69) is 47.9 Å². The van der Waals surface area contributed by atoms with Crippen LogP contribution in [-0.4, -0.2) is 22.4 Å². The SMILES string of the molecule is Cc1ccc(NC(=O)C(=O)Nn2c(C(=O)Nc3ccccc3F)cc3cc(Br)ccc32)c(Br)c1. The second-order valence-electron chi connectivity index (χ2n) is 7.38. The molecule has 0 unspecified atom stereocenters. The van der Waals surface area contributed by atoms with Crippen LogP contribution in [0.2, 0.25) is 0 Å². The van der Waals surface area contributed by atoms with Gasteiger partial charge in [-0.05, 0) is 76.9 Å². The quantitative estimate of drug-likeness (QED) is 0.272. The number of amides is 3. The first-order valence-electron chi connectivity index (χ1n) is 9.98. The van der Waals surface area contributed by atoms with E-state index in [-0.39, 0.29) is 11.4 Å². The Hall–Kier alpha value is -3.50. The number of aromatic nitrogens is 1. The Morgan fingerprint density at radius 2 is 1.62 bits per heavy atom. The number of anilines is 2. The highest BCUT2D eigenvalue weighted by atomic mass is 79.9. The molecule has 1 heterocycles. The van der Waals surface area contributed by atoms with Crippen LogP contribution < -0.4 is 16.1 Å². The largest absolute Gasteiger partial charge is 0.328 e. The van der Waals surface area contributed by atoms with E-state index in [0.717, 1.165) is 10.0 Å². The Bertz CT molecular complexity index is 1450. The van der Waals surface area contributed by atoms with Crippen LogP contribution in [0.4, 0.5) is 15.8 Å². The number of halogens is 3. The molecule has 0 aliphatic carbocycles. The normalized spacial score (nSPS) is 10.7. The van der Waals surface area contributed by atoms with Gasteiger partial charge in [-0.15, -0.1) is 0 Å². The van der Waals surface area contributed by atoms with Crippen LogP contribution in [0.1, 0.15) is 16.1 Å². The van der Waals surface area contributed by atoms with Crippen molar-refractivity contribution in [2.45, 2.75) is 6.92 Å². The molecule has 172 valence electrons.